The molecule has 0 saturated carbocycles. The molecule has 0 aliphatic rings. The highest BCUT2D eigenvalue weighted by atomic mass is 16.6. The van der Waals surface area contributed by atoms with Gasteiger partial charge in [-0.15, -0.1) is 0 Å². The SMILES string of the molecule is CNC(=O)CCNc1ncccc1[N+](=O)[O-]. The van der Waals surface area contributed by atoms with E-state index in [-0.39, 0.29) is 23.8 Å². The zero-order valence-electron chi connectivity index (χ0n) is 8.77. The molecular weight excluding hydrogens is 212 g/mol. The van der Waals surface area contributed by atoms with E-state index >= 15 is 0 Å². The molecular formula is C9H12N4O3. The normalized spacial score (nSPS) is 9.56. The van der Waals surface area contributed by atoms with Crippen molar-refractivity contribution >= 4 is 17.4 Å². The van der Waals surface area contributed by atoms with Gasteiger partial charge in [-0.05, 0) is 6.07 Å². The second kappa shape index (κ2) is 5.64. The van der Waals surface area contributed by atoms with Crippen LogP contribution in [0.3, 0.4) is 0 Å². The maximum atomic E-state index is 10.9. The zero-order valence-corrected chi connectivity index (χ0v) is 8.77. The zero-order chi connectivity index (χ0) is 12.0. The van der Waals surface area contributed by atoms with E-state index in [0.717, 1.165) is 0 Å². The van der Waals surface area contributed by atoms with E-state index in [0.29, 0.717) is 6.54 Å². The van der Waals surface area contributed by atoms with E-state index in [1.807, 2.05) is 0 Å². The van der Waals surface area contributed by atoms with Gasteiger partial charge in [0.1, 0.15) is 0 Å². The molecule has 0 fully saturated rings. The Morgan fingerprint density at radius 3 is 3.00 bits per heavy atom. The molecule has 16 heavy (non-hydrogen) atoms. The Balaban J connectivity index is 2.60. The quantitative estimate of drug-likeness (QED) is 0.562. The molecule has 0 spiro atoms. The largest absolute Gasteiger partial charge is 0.364 e. The number of pyridine rings is 1. The number of hydrogen-bond acceptors (Lipinski definition) is 5. The lowest BCUT2D eigenvalue weighted by Crippen LogP contribution is -2.21. The van der Waals surface area contributed by atoms with Crippen LogP contribution in [0.5, 0.6) is 0 Å². The average molecular weight is 224 g/mol. The van der Waals surface area contributed by atoms with Gasteiger partial charge in [0.05, 0.1) is 4.92 Å². The molecule has 0 atom stereocenters. The highest BCUT2D eigenvalue weighted by Gasteiger charge is 2.13. The first-order valence-electron chi connectivity index (χ1n) is 4.69. The molecule has 0 aliphatic carbocycles. The Bertz CT molecular complexity index is 394. The third-order valence-corrected chi connectivity index (χ3v) is 1.91. The molecule has 0 radical (unpaired) electrons. The summed E-state index contributed by atoms with van der Waals surface area (Å²) in [6.07, 6.45) is 1.69. The molecule has 7 heteroatoms. The predicted octanol–water partition coefficient (Wildman–Crippen LogP) is 0.538. The summed E-state index contributed by atoms with van der Waals surface area (Å²) in [6.45, 7) is 0.303. The Kier molecular flexibility index (Phi) is 4.19. The monoisotopic (exact) mass is 224 g/mol. The molecule has 2 N–H and O–H groups in total. The summed E-state index contributed by atoms with van der Waals surface area (Å²) < 4.78 is 0. The van der Waals surface area contributed by atoms with E-state index in [4.69, 9.17) is 0 Å². The van der Waals surface area contributed by atoms with Crippen LogP contribution in [0.2, 0.25) is 0 Å². The number of carbonyl (C=O) groups is 1. The first-order chi connectivity index (χ1) is 7.65. The fraction of sp³-hybridized carbons (Fsp3) is 0.333. The number of hydrogen-bond donors (Lipinski definition) is 2. The van der Waals surface area contributed by atoms with Crippen molar-refractivity contribution in [2.24, 2.45) is 0 Å². The van der Waals surface area contributed by atoms with Crippen molar-refractivity contribution in [1.29, 1.82) is 0 Å². The number of rotatable bonds is 5. The van der Waals surface area contributed by atoms with Crippen molar-refractivity contribution in [2.75, 3.05) is 18.9 Å². The van der Waals surface area contributed by atoms with E-state index in [9.17, 15) is 14.9 Å². The van der Waals surface area contributed by atoms with Crippen molar-refractivity contribution in [3.05, 3.63) is 28.4 Å². The maximum absolute atomic E-state index is 10.9. The third kappa shape index (κ3) is 3.19. The van der Waals surface area contributed by atoms with Crippen LogP contribution in [0.25, 0.3) is 0 Å². The Morgan fingerprint density at radius 2 is 2.38 bits per heavy atom. The summed E-state index contributed by atoms with van der Waals surface area (Å²) in [5.41, 5.74) is -0.0978. The van der Waals surface area contributed by atoms with Gasteiger partial charge >= 0.3 is 5.69 Å². The summed E-state index contributed by atoms with van der Waals surface area (Å²) in [4.78, 5) is 24.9. The summed E-state index contributed by atoms with van der Waals surface area (Å²) in [5.74, 6) is 0.0440. The van der Waals surface area contributed by atoms with Crippen LogP contribution in [-0.4, -0.2) is 29.4 Å². The number of carbonyl (C=O) groups excluding carboxylic acids is 1. The van der Waals surface area contributed by atoms with Gasteiger partial charge in [0.15, 0.2) is 0 Å². The van der Waals surface area contributed by atoms with Gasteiger partial charge in [0, 0.05) is 32.3 Å². The minimum atomic E-state index is -0.519. The highest BCUT2D eigenvalue weighted by Crippen LogP contribution is 2.19. The fourth-order valence-electron chi connectivity index (χ4n) is 1.10. The minimum absolute atomic E-state index is 0.0978. The first-order valence-corrected chi connectivity index (χ1v) is 4.69. The molecule has 0 bridgehead atoms. The van der Waals surface area contributed by atoms with Gasteiger partial charge in [-0.1, -0.05) is 0 Å². The van der Waals surface area contributed by atoms with Crippen LogP contribution in [0, 0.1) is 10.1 Å². The van der Waals surface area contributed by atoms with Crippen LogP contribution >= 0.6 is 0 Å². The van der Waals surface area contributed by atoms with Crippen molar-refractivity contribution in [3.63, 3.8) is 0 Å². The Labute approximate surface area is 92.0 Å². The van der Waals surface area contributed by atoms with Gasteiger partial charge in [-0.25, -0.2) is 4.98 Å². The molecule has 0 aliphatic heterocycles. The van der Waals surface area contributed by atoms with Gasteiger partial charge in [-0.3, -0.25) is 14.9 Å². The van der Waals surface area contributed by atoms with Crippen molar-refractivity contribution in [3.8, 4) is 0 Å². The summed E-state index contributed by atoms with van der Waals surface area (Å²) in [6, 6.07) is 2.84. The third-order valence-electron chi connectivity index (χ3n) is 1.91. The second-order valence-corrected chi connectivity index (χ2v) is 2.98. The number of nitrogens with one attached hydrogen (secondary N) is 2. The smallest absolute Gasteiger partial charge is 0.311 e. The lowest BCUT2D eigenvalue weighted by Gasteiger charge is -2.04. The Hall–Kier alpha value is -2.18. The van der Waals surface area contributed by atoms with Crippen molar-refractivity contribution in [1.82, 2.24) is 10.3 Å². The molecule has 0 aromatic carbocycles. The van der Waals surface area contributed by atoms with Gasteiger partial charge in [0.2, 0.25) is 11.7 Å². The molecule has 1 aromatic rings. The lowest BCUT2D eigenvalue weighted by atomic mass is 10.3. The lowest BCUT2D eigenvalue weighted by molar-refractivity contribution is -0.384. The van der Waals surface area contributed by atoms with Crippen molar-refractivity contribution < 1.29 is 9.72 Å². The number of amides is 1. The predicted molar refractivity (Wildman–Crippen MR) is 58.1 cm³/mol. The minimum Gasteiger partial charge on any atom is -0.364 e. The van der Waals surface area contributed by atoms with Crippen molar-refractivity contribution in [2.45, 2.75) is 6.42 Å². The van der Waals surface area contributed by atoms with Crippen LogP contribution in [0.4, 0.5) is 11.5 Å². The van der Waals surface area contributed by atoms with E-state index in [1.165, 1.54) is 25.4 Å². The van der Waals surface area contributed by atoms with Gasteiger partial charge in [-0.2, -0.15) is 0 Å². The number of aromatic nitrogens is 1. The molecule has 0 saturated heterocycles. The van der Waals surface area contributed by atoms with Crippen LogP contribution < -0.4 is 10.6 Å². The maximum Gasteiger partial charge on any atom is 0.311 e. The topological polar surface area (TPSA) is 97.2 Å². The second-order valence-electron chi connectivity index (χ2n) is 2.98. The molecule has 1 heterocycles. The van der Waals surface area contributed by atoms with Crippen LogP contribution in [0.1, 0.15) is 6.42 Å². The standard InChI is InChI=1S/C9H12N4O3/c1-10-8(14)4-6-12-9-7(13(15)16)3-2-5-11-9/h2-3,5H,4,6H2,1H3,(H,10,14)(H,11,12). The molecule has 0 unspecified atom stereocenters. The fourth-order valence-corrected chi connectivity index (χ4v) is 1.10. The molecule has 1 amide bonds. The first kappa shape index (κ1) is 11.9. The van der Waals surface area contributed by atoms with Crippen LogP contribution in [-0.2, 0) is 4.79 Å². The summed E-state index contributed by atoms with van der Waals surface area (Å²) in [5, 5.41) is 15.8. The van der Waals surface area contributed by atoms with Gasteiger partial charge in [0.25, 0.3) is 0 Å². The molecule has 7 nitrogen and oxygen atoms in total. The van der Waals surface area contributed by atoms with Crippen LogP contribution in [0.15, 0.2) is 18.3 Å². The highest BCUT2D eigenvalue weighted by molar-refractivity contribution is 5.76. The molecule has 86 valence electrons. The summed E-state index contributed by atoms with van der Waals surface area (Å²) in [7, 11) is 1.53. The van der Waals surface area contributed by atoms with E-state index < -0.39 is 4.92 Å². The number of anilines is 1. The average Bonchev–Trinajstić information content (AvgIpc) is 2.29. The molecule has 1 rings (SSSR count). The van der Waals surface area contributed by atoms with E-state index in [1.54, 1.807) is 0 Å². The summed E-state index contributed by atoms with van der Waals surface area (Å²) >= 11 is 0. The molecule has 1 aromatic heterocycles. The Morgan fingerprint density at radius 1 is 1.62 bits per heavy atom. The number of nitro groups is 1. The van der Waals surface area contributed by atoms with Gasteiger partial charge < -0.3 is 10.6 Å². The number of nitrogens with zero attached hydrogens (tertiary/aromatic N) is 2. The van der Waals surface area contributed by atoms with E-state index in [2.05, 4.69) is 15.6 Å².